The Morgan fingerprint density at radius 3 is 3.00 bits per heavy atom. The van der Waals surface area contributed by atoms with Gasteiger partial charge in [0.2, 0.25) is 5.82 Å². The lowest BCUT2D eigenvalue weighted by atomic mass is 10.2. The summed E-state index contributed by atoms with van der Waals surface area (Å²) in [5.41, 5.74) is -0.0687. The van der Waals surface area contributed by atoms with Gasteiger partial charge in [0.05, 0.1) is 6.54 Å². The van der Waals surface area contributed by atoms with E-state index in [2.05, 4.69) is 9.98 Å². The summed E-state index contributed by atoms with van der Waals surface area (Å²) < 4.78 is -0.886. The summed E-state index contributed by atoms with van der Waals surface area (Å²) in [5, 5.41) is 21.0. The lowest BCUT2D eigenvalue weighted by molar-refractivity contribution is 0.0696. The lowest BCUT2D eigenvalue weighted by Gasteiger charge is -2.32. The molecule has 1 aromatic rings. The molecule has 1 aromatic heterocycles. The standard InChI is InChI=1S/C9H9N3O3/c13-9(14)7-2-1-3-11-8(7)12(15)5-4-10-6-12/h1-3,6H,4-5H2,(H,13,14). The van der Waals surface area contributed by atoms with Gasteiger partial charge < -0.3 is 10.3 Å². The van der Waals surface area contributed by atoms with Crippen molar-refractivity contribution in [1.29, 1.82) is 0 Å². The van der Waals surface area contributed by atoms with E-state index in [0.29, 0.717) is 6.54 Å². The monoisotopic (exact) mass is 207 g/mol. The molecule has 1 aliphatic rings. The van der Waals surface area contributed by atoms with Crippen LogP contribution in [0.15, 0.2) is 23.3 Å². The van der Waals surface area contributed by atoms with E-state index in [4.69, 9.17) is 5.11 Å². The van der Waals surface area contributed by atoms with Crippen LogP contribution in [0.3, 0.4) is 0 Å². The molecule has 0 amide bonds. The maximum Gasteiger partial charge on any atom is 0.343 e. The molecule has 1 N–H and O–H groups in total. The molecule has 1 aliphatic heterocycles. The number of carboxylic acid groups (broad SMARTS) is 1. The molecule has 15 heavy (non-hydrogen) atoms. The van der Waals surface area contributed by atoms with E-state index in [1.54, 1.807) is 0 Å². The largest absolute Gasteiger partial charge is 0.620 e. The van der Waals surface area contributed by atoms with E-state index in [1.165, 1.54) is 24.7 Å². The molecule has 0 saturated heterocycles. The maximum absolute atomic E-state index is 12.1. The highest BCUT2D eigenvalue weighted by Crippen LogP contribution is 2.24. The van der Waals surface area contributed by atoms with Gasteiger partial charge in [0.1, 0.15) is 12.1 Å². The van der Waals surface area contributed by atoms with Crippen molar-refractivity contribution in [1.82, 2.24) is 9.63 Å². The first-order valence-electron chi connectivity index (χ1n) is 4.42. The van der Waals surface area contributed by atoms with Crippen LogP contribution in [0, 0.1) is 5.21 Å². The number of rotatable bonds is 2. The summed E-state index contributed by atoms with van der Waals surface area (Å²) in [4.78, 5) is 18.5. The Bertz CT molecular complexity index is 432. The third-order valence-corrected chi connectivity index (χ3v) is 2.21. The minimum atomic E-state index is -1.15. The first-order valence-corrected chi connectivity index (χ1v) is 4.42. The zero-order valence-electron chi connectivity index (χ0n) is 7.83. The molecule has 1 atom stereocenters. The van der Waals surface area contributed by atoms with E-state index < -0.39 is 10.6 Å². The summed E-state index contributed by atoms with van der Waals surface area (Å²) >= 11 is 0. The van der Waals surface area contributed by atoms with Gasteiger partial charge in [-0.15, -0.1) is 0 Å². The Labute approximate surface area is 85.7 Å². The molecule has 6 nitrogen and oxygen atoms in total. The predicted molar refractivity (Wildman–Crippen MR) is 54.6 cm³/mol. The van der Waals surface area contributed by atoms with Crippen molar-refractivity contribution < 1.29 is 9.90 Å². The number of quaternary nitrogens is 1. The average Bonchev–Trinajstić information content (AvgIpc) is 2.66. The average molecular weight is 207 g/mol. The van der Waals surface area contributed by atoms with E-state index in [0.717, 1.165) is 0 Å². The zero-order valence-corrected chi connectivity index (χ0v) is 7.83. The molecule has 6 heteroatoms. The highest BCUT2D eigenvalue weighted by atomic mass is 16.5. The van der Waals surface area contributed by atoms with Crippen molar-refractivity contribution in [2.75, 3.05) is 13.1 Å². The van der Waals surface area contributed by atoms with Crippen LogP contribution in [0.1, 0.15) is 10.4 Å². The van der Waals surface area contributed by atoms with E-state index in [9.17, 15) is 10.0 Å². The predicted octanol–water partition coefficient (Wildman–Crippen LogP) is 0.627. The van der Waals surface area contributed by atoms with Gasteiger partial charge in [-0.05, 0) is 12.1 Å². The molecule has 78 valence electrons. The number of carbonyl (C=O) groups is 1. The van der Waals surface area contributed by atoms with Gasteiger partial charge in [-0.2, -0.15) is 0 Å². The van der Waals surface area contributed by atoms with Gasteiger partial charge >= 0.3 is 5.97 Å². The molecule has 0 fully saturated rings. The minimum Gasteiger partial charge on any atom is -0.620 e. The van der Waals surface area contributed by atoms with Gasteiger partial charge in [0, 0.05) is 6.20 Å². The fourth-order valence-corrected chi connectivity index (χ4v) is 1.48. The normalized spacial score (nSPS) is 24.3. The number of hydrogen-bond donors (Lipinski definition) is 1. The Balaban J connectivity index is 2.52. The second kappa shape index (κ2) is 3.41. The van der Waals surface area contributed by atoms with E-state index in [1.807, 2.05) is 0 Å². The van der Waals surface area contributed by atoms with Gasteiger partial charge in [-0.25, -0.2) is 14.8 Å². The highest BCUT2D eigenvalue weighted by Gasteiger charge is 2.29. The fourth-order valence-electron chi connectivity index (χ4n) is 1.48. The molecule has 0 aliphatic carbocycles. The van der Waals surface area contributed by atoms with Crippen LogP contribution in [0.25, 0.3) is 0 Å². The van der Waals surface area contributed by atoms with Gasteiger partial charge in [-0.3, -0.25) is 4.65 Å². The van der Waals surface area contributed by atoms with Crippen molar-refractivity contribution in [3.8, 4) is 0 Å². The maximum atomic E-state index is 12.1. The van der Waals surface area contributed by atoms with Crippen molar-refractivity contribution in [3.05, 3.63) is 29.1 Å². The van der Waals surface area contributed by atoms with Crippen LogP contribution in [-0.4, -0.2) is 35.5 Å². The molecule has 0 spiro atoms. The summed E-state index contributed by atoms with van der Waals surface area (Å²) in [5.74, 6) is -1.15. The molecule has 2 rings (SSSR count). The van der Waals surface area contributed by atoms with Crippen LogP contribution < -0.4 is 4.65 Å². The zero-order chi connectivity index (χ0) is 10.9. The number of pyridine rings is 1. The summed E-state index contributed by atoms with van der Waals surface area (Å²) in [6.07, 6.45) is 2.60. The van der Waals surface area contributed by atoms with Crippen molar-refractivity contribution in [2.24, 2.45) is 4.99 Å². The van der Waals surface area contributed by atoms with E-state index in [-0.39, 0.29) is 17.9 Å². The number of carboxylic acids is 1. The fraction of sp³-hybridized carbons (Fsp3) is 0.222. The molecular weight excluding hydrogens is 198 g/mol. The molecule has 0 aromatic carbocycles. The van der Waals surface area contributed by atoms with Crippen molar-refractivity contribution >= 4 is 18.1 Å². The molecular formula is C9H9N3O3. The van der Waals surface area contributed by atoms with Crippen molar-refractivity contribution in [2.45, 2.75) is 0 Å². The topological polar surface area (TPSA) is 85.6 Å². The Hall–Kier alpha value is -1.79. The van der Waals surface area contributed by atoms with Crippen LogP contribution in [0.2, 0.25) is 0 Å². The summed E-state index contributed by atoms with van der Waals surface area (Å²) in [6.45, 7) is 0.608. The SMILES string of the molecule is O=C(O)c1cccnc1[N+]1([O-])C=NCC1. The van der Waals surface area contributed by atoms with Gasteiger partial charge in [0.25, 0.3) is 0 Å². The smallest absolute Gasteiger partial charge is 0.343 e. The van der Waals surface area contributed by atoms with Gasteiger partial charge in [0.15, 0.2) is 6.34 Å². The minimum absolute atomic E-state index is 0.00810. The number of nitrogens with zero attached hydrogens (tertiary/aromatic N) is 3. The third-order valence-electron chi connectivity index (χ3n) is 2.21. The number of aliphatic imine (C=N–C) groups is 1. The summed E-state index contributed by atoms with van der Waals surface area (Å²) in [6, 6.07) is 2.86. The second-order valence-corrected chi connectivity index (χ2v) is 3.22. The van der Waals surface area contributed by atoms with Gasteiger partial charge in [-0.1, -0.05) is 0 Å². The quantitative estimate of drug-likeness (QED) is 0.569. The number of hydroxylamine groups is 2. The first kappa shape index (κ1) is 9.75. The summed E-state index contributed by atoms with van der Waals surface area (Å²) in [7, 11) is 0. The number of aromatic carboxylic acids is 1. The van der Waals surface area contributed by atoms with E-state index >= 15 is 0 Å². The van der Waals surface area contributed by atoms with Crippen molar-refractivity contribution in [3.63, 3.8) is 0 Å². The first-order chi connectivity index (χ1) is 7.13. The molecule has 0 bridgehead atoms. The van der Waals surface area contributed by atoms with Crippen LogP contribution in [-0.2, 0) is 0 Å². The molecule has 1 unspecified atom stereocenters. The highest BCUT2D eigenvalue weighted by molar-refractivity contribution is 5.95. The molecule has 2 heterocycles. The number of aromatic nitrogens is 1. The second-order valence-electron chi connectivity index (χ2n) is 3.22. The molecule has 0 radical (unpaired) electrons. The Morgan fingerprint density at radius 2 is 2.40 bits per heavy atom. The van der Waals surface area contributed by atoms with Crippen LogP contribution in [0.4, 0.5) is 5.82 Å². The molecule has 0 saturated carbocycles. The van der Waals surface area contributed by atoms with Crippen LogP contribution >= 0.6 is 0 Å². The Morgan fingerprint density at radius 1 is 1.60 bits per heavy atom. The third kappa shape index (κ3) is 1.60. The number of hydrogen-bond acceptors (Lipinski definition) is 4. The lowest BCUT2D eigenvalue weighted by Crippen LogP contribution is -2.41. The Kier molecular flexibility index (Phi) is 2.22. The van der Waals surface area contributed by atoms with Crippen LogP contribution in [0.5, 0.6) is 0 Å².